The van der Waals surface area contributed by atoms with E-state index < -0.39 is 40.8 Å². The third kappa shape index (κ3) is 5.28. The lowest BCUT2D eigenvalue weighted by Gasteiger charge is -2.47. The van der Waals surface area contributed by atoms with Gasteiger partial charge in [0, 0.05) is 48.9 Å². The molecule has 1 amide bonds. The van der Waals surface area contributed by atoms with Crippen LogP contribution in [-0.2, 0) is 12.7 Å². The molecule has 1 fully saturated rings. The molecule has 1 aliphatic rings. The van der Waals surface area contributed by atoms with Crippen LogP contribution in [0.25, 0.3) is 16.9 Å². The number of carbonyl (C=O) groups excluding carboxylic acids is 1. The Labute approximate surface area is 237 Å². The first-order valence-electron chi connectivity index (χ1n) is 13.0. The molecule has 2 aromatic heterocycles. The van der Waals surface area contributed by atoms with Gasteiger partial charge < -0.3 is 9.64 Å². The summed E-state index contributed by atoms with van der Waals surface area (Å²) in [5, 5.41) is 3.91. The summed E-state index contributed by atoms with van der Waals surface area (Å²) in [6.07, 6.45) is -3.72. The van der Waals surface area contributed by atoms with Crippen LogP contribution in [0.1, 0.15) is 41.0 Å². The fourth-order valence-electron chi connectivity index (χ4n) is 5.47. The summed E-state index contributed by atoms with van der Waals surface area (Å²) in [7, 11) is 1.47. The number of ether oxygens (including phenoxy) is 1. The van der Waals surface area contributed by atoms with Crippen LogP contribution in [0.15, 0.2) is 42.6 Å². The Bertz CT molecular complexity index is 1670. The van der Waals surface area contributed by atoms with E-state index in [-0.39, 0.29) is 54.2 Å². The lowest BCUT2D eigenvalue weighted by molar-refractivity contribution is -0.143. The van der Waals surface area contributed by atoms with Crippen molar-refractivity contribution in [2.45, 2.75) is 39.0 Å². The average molecular weight is 592 g/mol. The van der Waals surface area contributed by atoms with Gasteiger partial charge in [-0.3, -0.25) is 9.69 Å². The Morgan fingerprint density at radius 3 is 2.38 bits per heavy atom. The van der Waals surface area contributed by atoms with Crippen molar-refractivity contribution in [1.29, 1.82) is 0 Å². The largest absolute Gasteiger partial charge is 0.497 e. The Morgan fingerprint density at radius 1 is 1.07 bits per heavy atom. The van der Waals surface area contributed by atoms with E-state index in [0.717, 1.165) is 12.3 Å². The number of hydrogen-bond acceptors (Lipinski definition) is 5. The Balaban J connectivity index is 1.50. The molecule has 0 N–H and O–H groups in total. The topological polar surface area (TPSA) is 63.0 Å². The predicted octanol–water partition coefficient (Wildman–Crippen LogP) is 5.89. The molecule has 0 atom stereocenters. The van der Waals surface area contributed by atoms with Crippen molar-refractivity contribution >= 4 is 11.6 Å². The highest BCUT2D eigenvalue weighted by molar-refractivity contribution is 6.00. The van der Waals surface area contributed by atoms with Crippen molar-refractivity contribution < 1.29 is 35.9 Å². The van der Waals surface area contributed by atoms with Crippen molar-refractivity contribution in [3.8, 4) is 17.0 Å². The van der Waals surface area contributed by atoms with Gasteiger partial charge in [-0.05, 0) is 51.1 Å². The first-order valence-corrected chi connectivity index (χ1v) is 13.0. The Hall–Kier alpha value is -4.13. The maximum absolute atomic E-state index is 14.3. The van der Waals surface area contributed by atoms with Crippen molar-refractivity contribution in [2.75, 3.05) is 26.7 Å². The molecule has 42 heavy (non-hydrogen) atoms. The van der Waals surface area contributed by atoms with Crippen molar-refractivity contribution in [1.82, 2.24) is 24.4 Å². The quantitative estimate of drug-likeness (QED) is 0.214. The van der Waals surface area contributed by atoms with Crippen LogP contribution in [0.3, 0.4) is 0 Å². The number of halogens is 6. The van der Waals surface area contributed by atoms with E-state index in [1.54, 1.807) is 43.0 Å². The zero-order chi connectivity index (χ0) is 30.6. The van der Waals surface area contributed by atoms with Crippen LogP contribution in [-0.4, -0.2) is 62.6 Å². The van der Waals surface area contributed by atoms with E-state index in [0.29, 0.717) is 21.9 Å². The van der Waals surface area contributed by atoms with E-state index in [1.807, 2.05) is 0 Å². The van der Waals surface area contributed by atoms with Gasteiger partial charge in [-0.15, -0.1) is 0 Å². The van der Waals surface area contributed by atoms with Gasteiger partial charge in [-0.2, -0.15) is 18.3 Å². The molecule has 2 aromatic carbocycles. The minimum Gasteiger partial charge on any atom is -0.497 e. The first kappa shape index (κ1) is 29.4. The normalized spacial score (nSPS) is 15.8. The summed E-state index contributed by atoms with van der Waals surface area (Å²) in [5.74, 6) is -3.40. The predicted molar refractivity (Wildman–Crippen MR) is 141 cm³/mol. The fourth-order valence-corrected chi connectivity index (χ4v) is 5.47. The Kier molecular flexibility index (Phi) is 7.42. The zero-order valence-electron chi connectivity index (χ0n) is 23.2. The third-order valence-corrected chi connectivity index (χ3v) is 7.43. The monoisotopic (exact) mass is 591 g/mol. The summed E-state index contributed by atoms with van der Waals surface area (Å²) in [6.45, 7) is 5.24. The van der Waals surface area contributed by atoms with Gasteiger partial charge >= 0.3 is 6.18 Å². The van der Waals surface area contributed by atoms with E-state index >= 15 is 0 Å². The highest BCUT2D eigenvalue weighted by Gasteiger charge is 2.41. The molecule has 0 unspecified atom stereocenters. The molecular formula is C29H27F6N5O2. The lowest BCUT2D eigenvalue weighted by Crippen LogP contribution is -2.60. The van der Waals surface area contributed by atoms with Crippen LogP contribution in [0.5, 0.6) is 5.75 Å². The minimum atomic E-state index is -4.80. The summed E-state index contributed by atoms with van der Waals surface area (Å²) in [5.41, 5.74) is -2.17. The number of carbonyl (C=O) groups is 1. The molecule has 0 bridgehead atoms. The molecule has 1 aliphatic heterocycles. The number of hydrogen-bond donors (Lipinski definition) is 0. The van der Waals surface area contributed by atoms with E-state index in [4.69, 9.17) is 4.74 Å². The van der Waals surface area contributed by atoms with Crippen LogP contribution in [0.2, 0.25) is 0 Å². The van der Waals surface area contributed by atoms with Gasteiger partial charge in [0.2, 0.25) is 0 Å². The summed E-state index contributed by atoms with van der Waals surface area (Å²) < 4.78 is 90.4. The molecule has 0 saturated carbocycles. The number of alkyl halides is 3. The van der Waals surface area contributed by atoms with Gasteiger partial charge in [0.1, 0.15) is 17.1 Å². The molecule has 3 heterocycles. The number of amides is 1. The molecule has 5 rings (SSSR count). The van der Waals surface area contributed by atoms with Crippen LogP contribution < -0.4 is 4.74 Å². The molecule has 1 saturated heterocycles. The molecule has 4 aromatic rings. The third-order valence-electron chi connectivity index (χ3n) is 7.43. The number of methoxy groups -OCH3 is 1. The van der Waals surface area contributed by atoms with Gasteiger partial charge in [0.15, 0.2) is 23.0 Å². The molecule has 222 valence electrons. The first-order chi connectivity index (χ1) is 19.7. The van der Waals surface area contributed by atoms with Gasteiger partial charge in [-0.25, -0.2) is 22.7 Å². The van der Waals surface area contributed by atoms with Crippen LogP contribution >= 0.6 is 0 Å². The summed E-state index contributed by atoms with van der Waals surface area (Å²) in [4.78, 5) is 21.6. The number of benzene rings is 2. The van der Waals surface area contributed by atoms with Crippen molar-refractivity contribution in [3.63, 3.8) is 0 Å². The SMILES string of the molecule is COc1ccc(-c2nc3c(C(=O)N4CCN(Cc5cc(F)cc(F)c5F)CC4(C)C)cnn3c(C(F)(F)F)c2C)cc1. The van der Waals surface area contributed by atoms with Gasteiger partial charge in [0.25, 0.3) is 5.91 Å². The second-order valence-electron chi connectivity index (χ2n) is 10.8. The molecule has 0 aliphatic carbocycles. The molecular weight excluding hydrogens is 564 g/mol. The number of nitrogens with zero attached hydrogens (tertiary/aromatic N) is 5. The molecule has 0 radical (unpaired) electrons. The van der Waals surface area contributed by atoms with E-state index in [2.05, 4.69) is 10.1 Å². The molecule has 0 spiro atoms. The average Bonchev–Trinajstić information content (AvgIpc) is 3.32. The summed E-state index contributed by atoms with van der Waals surface area (Å²) >= 11 is 0. The second kappa shape index (κ2) is 10.6. The maximum atomic E-state index is 14.3. The van der Waals surface area contributed by atoms with Crippen molar-refractivity contribution in [2.24, 2.45) is 0 Å². The highest BCUT2D eigenvalue weighted by Crippen LogP contribution is 2.37. The highest BCUT2D eigenvalue weighted by atomic mass is 19.4. The van der Waals surface area contributed by atoms with Crippen LogP contribution in [0.4, 0.5) is 26.3 Å². The number of fused-ring (bicyclic) bond motifs is 1. The maximum Gasteiger partial charge on any atom is 0.433 e. The summed E-state index contributed by atoms with van der Waals surface area (Å²) in [6, 6.07) is 7.76. The van der Waals surface area contributed by atoms with Crippen molar-refractivity contribution in [3.05, 3.63) is 82.4 Å². The Morgan fingerprint density at radius 2 is 1.76 bits per heavy atom. The lowest BCUT2D eigenvalue weighted by atomic mass is 9.97. The van der Waals surface area contributed by atoms with Crippen LogP contribution in [0, 0.1) is 24.4 Å². The molecule has 13 heteroatoms. The minimum absolute atomic E-state index is 0.0421. The standard InChI is InChI=1S/C29H27F6N5O2/c1-16-24(17-5-7-20(42-4)8-6-17)37-26-21(13-36-40(26)25(16)29(33,34)35)27(41)39-10-9-38(15-28(39,2)3)14-18-11-19(30)12-22(31)23(18)32/h5-8,11-13H,9-10,14-15H2,1-4H3. The second-order valence-corrected chi connectivity index (χ2v) is 10.8. The number of rotatable bonds is 5. The molecule has 7 nitrogen and oxygen atoms in total. The zero-order valence-corrected chi connectivity index (χ0v) is 23.2. The smallest absolute Gasteiger partial charge is 0.433 e. The van der Waals surface area contributed by atoms with Gasteiger partial charge in [-0.1, -0.05) is 0 Å². The van der Waals surface area contributed by atoms with Gasteiger partial charge in [0.05, 0.1) is 24.5 Å². The van der Waals surface area contributed by atoms with E-state index in [1.165, 1.54) is 18.9 Å². The number of aromatic nitrogens is 3. The van der Waals surface area contributed by atoms with E-state index in [9.17, 15) is 31.1 Å². The number of piperazine rings is 1. The fraction of sp³-hybridized carbons (Fsp3) is 0.345.